The first-order valence-electron chi connectivity index (χ1n) is 9.62. The first kappa shape index (κ1) is 18.4. The van der Waals surface area contributed by atoms with Crippen LogP contribution in [-0.4, -0.2) is 63.9 Å². The van der Waals surface area contributed by atoms with Crippen LogP contribution in [0, 0.1) is 0 Å². The van der Waals surface area contributed by atoms with Gasteiger partial charge in [-0.2, -0.15) is 0 Å². The van der Waals surface area contributed by atoms with Crippen LogP contribution in [0.15, 0.2) is 42.9 Å². The molecule has 7 heteroatoms. The summed E-state index contributed by atoms with van der Waals surface area (Å²) in [6.45, 7) is 5.77. The largest absolute Gasteiger partial charge is 0.379 e. The topological polar surface area (TPSA) is 45.6 Å². The van der Waals surface area contributed by atoms with E-state index in [-0.39, 0.29) is 12.1 Å². The lowest BCUT2D eigenvalue weighted by molar-refractivity contribution is 0.0365. The van der Waals surface area contributed by atoms with Gasteiger partial charge < -0.3 is 19.5 Å². The smallest absolute Gasteiger partial charge is 0.170 e. The van der Waals surface area contributed by atoms with Crippen molar-refractivity contribution < 1.29 is 4.74 Å². The molecule has 0 aliphatic carbocycles. The summed E-state index contributed by atoms with van der Waals surface area (Å²) in [6.07, 6.45) is 7.21. The Balaban J connectivity index is 1.50. The van der Waals surface area contributed by atoms with Gasteiger partial charge in [0.1, 0.15) is 0 Å². The van der Waals surface area contributed by atoms with E-state index in [1.165, 1.54) is 5.56 Å². The van der Waals surface area contributed by atoms with Gasteiger partial charge in [0, 0.05) is 51.8 Å². The monoisotopic (exact) mass is 385 g/mol. The molecule has 0 bridgehead atoms. The molecule has 2 fully saturated rings. The Morgan fingerprint density at radius 3 is 2.78 bits per heavy atom. The SMILES string of the molecule is Cn1ccc([C@H]2[C@@H](c3ccccn3)NC(=S)N2CCCN2CCOCC2)c1. The van der Waals surface area contributed by atoms with Crippen molar-refractivity contribution in [1.82, 2.24) is 24.7 Å². The molecule has 27 heavy (non-hydrogen) atoms. The molecule has 0 unspecified atom stereocenters. The number of nitrogens with zero attached hydrogens (tertiary/aromatic N) is 4. The highest BCUT2D eigenvalue weighted by molar-refractivity contribution is 7.80. The second-order valence-corrected chi connectivity index (χ2v) is 7.62. The summed E-state index contributed by atoms with van der Waals surface area (Å²) in [7, 11) is 2.06. The molecule has 1 N–H and O–H groups in total. The summed E-state index contributed by atoms with van der Waals surface area (Å²) in [4.78, 5) is 9.40. The highest BCUT2D eigenvalue weighted by Gasteiger charge is 2.39. The highest BCUT2D eigenvalue weighted by atomic mass is 32.1. The molecule has 2 saturated heterocycles. The zero-order chi connectivity index (χ0) is 18.6. The van der Waals surface area contributed by atoms with Crippen LogP contribution in [0.25, 0.3) is 0 Å². The van der Waals surface area contributed by atoms with Crippen molar-refractivity contribution in [3.63, 3.8) is 0 Å². The Hall–Kier alpha value is -1.96. The quantitative estimate of drug-likeness (QED) is 0.769. The Morgan fingerprint density at radius 1 is 1.22 bits per heavy atom. The lowest BCUT2D eigenvalue weighted by Gasteiger charge is -2.30. The molecule has 0 amide bonds. The van der Waals surface area contributed by atoms with Crippen LogP contribution in [0.2, 0.25) is 0 Å². The van der Waals surface area contributed by atoms with Gasteiger partial charge in [0.25, 0.3) is 0 Å². The predicted molar refractivity (Wildman–Crippen MR) is 109 cm³/mol. The van der Waals surface area contributed by atoms with E-state index in [9.17, 15) is 0 Å². The lowest BCUT2D eigenvalue weighted by Crippen LogP contribution is -2.38. The second-order valence-electron chi connectivity index (χ2n) is 7.24. The van der Waals surface area contributed by atoms with Gasteiger partial charge in [0.2, 0.25) is 0 Å². The van der Waals surface area contributed by atoms with Gasteiger partial charge in [0.05, 0.1) is 31.0 Å². The molecule has 0 saturated carbocycles. The van der Waals surface area contributed by atoms with Gasteiger partial charge >= 0.3 is 0 Å². The molecule has 2 atom stereocenters. The van der Waals surface area contributed by atoms with E-state index in [1.54, 1.807) is 0 Å². The number of nitrogens with one attached hydrogen (secondary N) is 1. The van der Waals surface area contributed by atoms with Gasteiger partial charge in [0.15, 0.2) is 5.11 Å². The maximum absolute atomic E-state index is 5.72. The normalized spacial score (nSPS) is 23.6. The Morgan fingerprint density at radius 2 is 2.07 bits per heavy atom. The molecular formula is C20H27N5OS. The molecule has 144 valence electrons. The van der Waals surface area contributed by atoms with E-state index >= 15 is 0 Å². The van der Waals surface area contributed by atoms with Crippen molar-refractivity contribution in [1.29, 1.82) is 0 Å². The van der Waals surface area contributed by atoms with Crippen molar-refractivity contribution in [2.24, 2.45) is 7.05 Å². The maximum atomic E-state index is 5.72. The van der Waals surface area contributed by atoms with E-state index in [1.807, 2.05) is 18.3 Å². The number of rotatable bonds is 6. The number of morpholine rings is 1. The van der Waals surface area contributed by atoms with Crippen LogP contribution >= 0.6 is 12.2 Å². The maximum Gasteiger partial charge on any atom is 0.170 e. The fourth-order valence-corrected chi connectivity index (χ4v) is 4.33. The molecule has 4 rings (SSSR count). The van der Waals surface area contributed by atoms with Crippen LogP contribution in [-0.2, 0) is 11.8 Å². The summed E-state index contributed by atoms with van der Waals surface area (Å²) in [5.41, 5.74) is 2.30. The minimum Gasteiger partial charge on any atom is -0.379 e. The standard InChI is InChI=1S/C20H27N5OS/c1-23-10-6-16(15-23)19-18(17-5-2-3-7-21-17)22-20(27)25(19)9-4-8-24-11-13-26-14-12-24/h2-3,5-7,10,15,18-19H,4,8-9,11-14H2,1H3,(H,22,27)/t18-,19+/m1/s1. The van der Waals surface area contributed by atoms with Crippen molar-refractivity contribution in [3.05, 3.63) is 54.1 Å². The molecule has 2 aliphatic heterocycles. The molecule has 2 aliphatic rings. The molecular weight excluding hydrogens is 358 g/mol. The van der Waals surface area contributed by atoms with Crippen LogP contribution in [0.4, 0.5) is 0 Å². The van der Waals surface area contributed by atoms with E-state index in [0.29, 0.717) is 0 Å². The van der Waals surface area contributed by atoms with Gasteiger partial charge in [-0.05, 0) is 42.4 Å². The number of thiocarbonyl (C=S) groups is 1. The number of hydrogen-bond acceptors (Lipinski definition) is 4. The minimum atomic E-state index is 0.0736. The lowest BCUT2D eigenvalue weighted by atomic mass is 9.99. The molecule has 0 spiro atoms. The molecule has 0 radical (unpaired) electrons. The fraction of sp³-hybridized carbons (Fsp3) is 0.500. The average Bonchev–Trinajstić information content (AvgIpc) is 3.27. The third-order valence-corrected chi connectivity index (χ3v) is 5.72. The van der Waals surface area contributed by atoms with Crippen LogP contribution in [0.3, 0.4) is 0 Å². The van der Waals surface area contributed by atoms with Crippen LogP contribution in [0.1, 0.15) is 29.8 Å². The van der Waals surface area contributed by atoms with E-state index in [2.05, 4.69) is 56.2 Å². The summed E-state index contributed by atoms with van der Waals surface area (Å²) in [5.74, 6) is 0. The zero-order valence-electron chi connectivity index (χ0n) is 15.8. The van der Waals surface area contributed by atoms with Crippen molar-refractivity contribution in [2.45, 2.75) is 18.5 Å². The predicted octanol–water partition coefficient (Wildman–Crippen LogP) is 2.11. The van der Waals surface area contributed by atoms with E-state index < -0.39 is 0 Å². The number of aromatic nitrogens is 2. The summed E-state index contributed by atoms with van der Waals surface area (Å²) in [5, 5.41) is 4.34. The first-order valence-corrected chi connectivity index (χ1v) is 10.0. The molecule has 2 aromatic rings. The van der Waals surface area contributed by atoms with Gasteiger partial charge in [-0.25, -0.2) is 0 Å². The second kappa shape index (κ2) is 8.37. The van der Waals surface area contributed by atoms with Crippen molar-refractivity contribution >= 4 is 17.3 Å². The van der Waals surface area contributed by atoms with Gasteiger partial charge in [-0.15, -0.1) is 0 Å². The first-order chi connectivity index (χ1) is 13.2. The Kier molecular flexibility index (Phi) is 5.71. The van der Waals surface area contributed by atoms with Crippen molar-refractivity contribution in [2.75, 3.05) is 39.4 Å². The summed E-state index contributed by atoms with van der Waals surface area (Å²) in [6, 6.07) is 8.49. The number of ether oxygens (including phenoxy) is 1. The fourth-order valence-electron chi connectivity index (χ4n) is 4.00. The molecule has 6 nitrogen and oxygen atoms in total. The van der Waals surface area contributed by atoms with Gasteiger partial charge in [-0.3, -0.25) is 9.88 Å². The van der Waals surface area contributed by atoms with Crippen LogP contribution in [0.5, 0.6) is 0 Å². The third kappa shape index (κ3) is 4.15. The summed E-state index contributed by atoms with van der Waals surface area (Å²) >= 11 is 5.72. The minimum absolute atomic E-state index is 0.0736. The zero-order valence-corrected chi connectivity index (χ0v) is 16.6. The third-order valence-electron chi connectivity index (χ3n) is 5.37. The number of aryl methyl sites for hydroxylation is 1. The molecule has 2 aromatic heterocycles. The molecule has 4 heterocycles. The average molecular weight is 386 g/mol. The van der Waals surface area contributed by atoms with E-state index in [0.717, 1.165) is 56.6 Å². The Bertz CT molecular complexity index is 759. The van der Waals surface area contributed by atoms with E-state index in [4.69, 9.17) is 17.0 Å². The molecule has 0 aromatic carbocycles. The number of hydrogen-bond donors (Lipinski definition) is 1. The Labute approximate surface area is 166 Å². The van der Waals surface area contributed by atoms with Crippen molar-refractivity contribution in [3.8, 4) is 0 Å². The van der Waals surface area contributed by atoms with Crippen LogP contribution < -0.4 is 5.32 Å². The highest BCUT2D eigenvalue weighted by Crippen LogP contribution is 2.38. The van der Waals surface area contributed by atoms with Gasteiger partial charge in [-0.1, -0.05) is 6.07 Å². The number of pyridine rings is 1. The summed E-state index contributed by atoms with van der Waals surface area (Å²) < 4.78 is 7.54.